The Morgan fingerprint density at radius 1 is 1.32 bits per heavy atom. The Kier molecular flexibility index (Phi) is 3.54. The van der Waals surface area contributed by atoms with E-state index in [1.807, 2.05) is 24.3 Å². The molecule has 1 aromatic carbocycles. The van der Waals surface area contributed by atoms with Gasteiger partial charge in [-0.1, -0.05) is 17.3 Å². The van der Waals surface area contributed by atoms with Crippen LogP contribution in [0.1, 0.15) is 17.5 Å². The van der Waals surface area contributed by atoms with Crippen molar-refractivity contribution in [2.75, 3.05) is 19.8 Å². The van der Waals surface area contributed by atoms with Crippen molar-refractivity contribution in [3.05, 3.63) is 35.7 Å². The predicted molar refractivity (Wildman–Crippen MR) is 67.1 cm³/mol. The molecular weight excluding hydrogens is 246 g/mol. The average molecular weight is 261 g/mol. The third-order valence-corrected chi connectivity index (χ3v) is 2.96. The topological polar surface area (TPSA) is 83.4 Å². The summed E-state index contributed by atoms with van der Waals surface area (Å²) in [6, 6.07) is 7.73. The zero-order valence-corrected chi connectivity index (χ0v) is 10.4. The van der Waals surface area contributed by atoms with Crippen molar-refractivity contribution >= 4 is 0 Å². The zero-order chi connectivity index (χ0) is 13.1. The zero-order valence-electron chi connectivity index (χ0n) is 10.4. The molecule has 2 N–H and O–H groups in total. The van der Waals surface area contributed by atoms with Gasteiger partial charge in [0.1, 0.15) is 6.10 Å². The quantitative estimate of drug-likeness (QED) is 0.896. The fraction of sp³-hybridized carbons (Fsp3) is 0.385. The largest absolute Gasteiger partial charge is 0.376 e. The van der Waals surface area contributed by atoms with Crippen LogP contribution in [0.2, 0.25) is 0 Å². The smallest absolute Gasteiger partial charge is 0.258 e. The molecular formula is C13H15N3O3. The molecule has 1 saturated heterocycles. The molecule has 0 aliphatic carbocycles. The van der Waals surface area contributed by atoms with Crippen LogP contribution in [0.25, 0.3) is 11.5 Å². The molecule has 2 aromatic rings. The van der Waals surface area contributed by atoms with E-state index in [-0.39, 0.29) is 6.10 Å². The molecule has 1 aromatic heterocycles. The Labute approximate surface area is 110 Å². The van der Waals surface area contributed by atoms with Crippen molar-refractivity contribution in [2.45, 2.75) is 12.6 Å². The molecule has 3 rings (SSSR count). The molecule has 1 aliphatic rings. The van der Waals surface area contributed by atoms with Gasteiger partial charge in [-0.15, -0.1) is 0 Å². The van der Waals surface area contributed by atoms with E-state index < -0.39 is 0 Å². The summed E-state index contributed by atoms with van der Waals surface area (Å²) in [6.45, 7) is 2.10. The number of nitrogens with zero attached hydrogens (tertiary/aromatic N) is 2. The molecule has 1 atom stereocenters. The lowest BCUT2D eigenvalue weighted by Crippen LogP contribution is -2.22. The first-order valence-electron chi connectivity index (χ1n) is 6.19. The van der Waals surface area contributed by atoms with Gasteiger partial charge in [-0.3, -0.25) is 0 Å². The highest BCUT2D eigenvalue weighted by Crippen LogP contribution is 2.23. The van der Waals surface area contributed by atoms with Crippen LogP contribution >= 0.6 is 0 Å². The van der Waals surface area contributed by atoms with Gasteiger partial charge in [-0.05, 0) is 17.7 Å². The molecule has 0 bridgehead atoms. The molecule has 2 heterocycles. The molecule has 6 nitrogen and oxygen atoms in total. The number of rotatable bonds is 3. The van der Waals surface area contributed by atoms with E-state index >= 15 is 0 Å². The second-order valence-corrected chi connectivity index (χ2v) is 4.30. The summed E-state index contributed by atoms with van der Waals surface area (Å²) >= 11 is 0. The van der Waals surface area contributed by atoms with E-state index in [0.29, 0.717) is 38.1 Å². The first-order chi connectivity index (χ1) is 9.36. The third kappa shape index (κ3) is 2.65. The van der Waals surface area contributed by atoms with E-state index in [2.05, 4.69) is 10.1 Å². The average Bonchev–Trinajstić information content (AvgIpc) is 2.98. The number of aromatic nitrogens is 2. The van der Waals surface area contributed by atoms with Crippen LogP contribution < -0.4 is 5.73 Å². The monoisotopic (exact) mass is 261 g/mol. The first kappa shape index (κ1) is 12.3. The second kappa shape index (κ2) is 5.48. The lowest BCUT2D eigenvalue weighted by Gasteiger charge is -2.19. The Balaban J connectivity index is 1.83. The van der Waals surface area contributed by atoms with Crippen LogP contribution in [-0.2, 0) is 16.0 Å². The van der Waals surface area contributed by atoms with Crippen molar-refractivity contribution < 1.29 is 14.0 Å². The van der Waals surface area contributed by atoms with E-state index in [1.54, 1.807) is 0 Å². The van der Waals surface area contributed by atoms with E-state index in [4.69, 9.17) is 19.7 Å². The lowest BCUT2D eigenvalue weighted by molar-refractivity contribution is -0.0941. The standard InChI is InChI=1S/C13H15N3O3/c14-7-9-2-1-3-10(6-9)13-15-12(16-19-13)11-8-17-4-5-18-11/h1-3,6,11H,4-5,7-8,14H2. The van der Waals surface area contributed by atoms with Gasteiger partial charge >= 0.3 is 0 Å². The Hall–Kier alpha value is -1.76. The van der Waals surface area contributed by atoms with Gasteiger partial charge in [0.25, 0.3) is 5.89 Å². The van der Waals surface area contributed by atoms with Gasteiger partial charge in [-0.2, -0.15) is 4.98 Å². The van der Waals surface area contributed by atoms with Crippen LogP contribution in [0.4, 0.5) is 0 Å². The van der Waals surface area contributed by atoms with Gasteiger partial charge < -0.3 is 19.7 Å². The summed E-state index contributed by atoms with van der Waals surface area (Å²) in [6.07, 6.45) is -0.246. The SMILES string of the molecule is NCc1cccc(-c2nc(C3COCCO3)no2)c1. The highest BCUT2D eigenvalue weighted by molar-refractivity contribution is 5.54. The molecule has 0 spiro atoms. The Morgan fingerprint density at radius 2 is 2.26 bits per heavy atom. The van der Waals surface area contributed by atoms with Crippen molar-refractivity contribution in [3.8, 4) is 11.5 Å². The van der Waals surface area contributed by atoms with Gasteiger partial charge in [-0.25, -0.2) is 0 Å². The van der Waals surface area contributed by atoms with Crippen LogP contribution in [0, 0.1) is 0 Å². The van der Waals surface area contributed by atoms with E-state index in [9.17, 15) is 0 Å². The van der Waals surface area contributed by atoms with Gasteiger partial charge in [0, 0.05) is 12.1 Å². The predicted octanol–water partition coefficient (Wildman–Crippen LogP) is 1.28. The maximum Gasteiger partial charge on any atom is 0.258 e. The number of benzene rings is 1. The molecule has 1 fully saturated rings. The highest BCUT2D eigenvalue weighted by Gasteiger charge is 2.22. The maximum atomic E-state index is 5.62. The summed E-state index contributed by atoms with van der Waals surface area (Å²) in [7, 11) is 0. The van der Waals surface area contributed by atoms with Crippen LogP contribution in [0.15, 0.2) is 28.8 Å². The Morgan fingerprint density at radius 3 is 3.05 bits per heavy atom. The second-order valence-electron chi connectivity index (χ2n) is 4.30. The molecule has 100 valence electrons. The summed E-state index contributed by atoms with van der Waals surface area (Å²) in [5.41, 5.74) is 7.50. The normalized spacial score (nSPS) is 19.5. The molecule has 0 saturated carbocycles. The summed E-state index contributed by atoms with van der Waals surface area (Å²) < 4.78 is 16.1. The number of nitrogens with two attached hydrogens (primary N) is 1. The molecule has 1 aliphatic heterocycles. The van der Waals surface area contributed by atoms with E-state index in [0.717, 1.165) is 11.1 Å². The van der Waals surface area contributed by atoms with Gasteiger partial charge in [0.15, 0.2) is 0 Å². The van der Waals surface area contributed by atoms with Crippen LogP contribution in [0.3, 0.4) is 0 Å². The van der Waals surface area contributed by atoms with Crippen LogP contribution in [0.5, 0.6) is 0 Å². The van der Waals surface area contributed by atoms with Gasteiger partial charge in [0.2, 0.25) is 5.82 Å². The lowest BCUT2D eigenvalue weighted by atomic mass is 10.1. The van der Waals surface area contributed by atoms with Crippen molar-refractivity contribution in [1.82, 2.24) is 10.1 Å². The minimum absolute atomic E-state index is 0.246. The van der Waals surface area contributed by atoms with Gasteiger partial charge in [0.05, 0.1) is 19.8 Å². The van der Waals surface area contributed by atoms with Crippen molar-refractivity contribution in [3.63, 3.8) is 0 Å². The molecule has 0 radical (unpaired) electrons. The summed E-state index contributed by atoms with van der Waals surface area (Å²) in [5.74, 6) is 0.993. The summed E-state index contributed by atoms with van der Waals surface area (Å²) in [5, 5.41) is 3.95. The minimum Gasteiger partial charge on any atom is -0.376 e. The minimum atomic E-state index is -0.246. The highest BCUT2D eigenvalue weighted by atomic mass is 16.6. The third-order valence-electron chi connectivity index (χ3n) is 2.96. The number of hydrogen-bond acceptors (Lipinski definition) is 6. The Bertz CT molecular complexity index is 550. The first-order valence-corrected chi connectivity index (χ1v) is 6.19. The van der Waals surface area contributed by atoms with Crippen molar-refractivity contribution in [2.24, 2.45) is 5.73 Å². The van der Waals surface area contributed by atoms with E-state index in [1.165, 1.54) is 0 Å². The van der Waals surface area contributed by atoms with Crippen molar-refractivity contribution in [1.29, 1.82) is 0 Å². The molecule has 0 amide bonds. The fourth-order valence-electron chi connectivity index (χ4n) is 1.95. The maximum absolute atomic E-state index is 5.62. The molecule has 19 heavy (non-hydrogen) atoms. The molecule has 6 heteroatoms. The van der Waals surface area contributed by atoms with Crippen LogP contribution in [-0.4, -0.2) is 30.0 Å². The fourth-order valence-corrected chi connectivity index (χ4v) is 1.95. The molecule has 1 unspecified atom stereocenters. The number of hydrogen-bond donors (Lipinski definition) is 1. The summed E-state index contributed by atoms with van der Waals surface area (Å²) in [4.78, 5) is 4.36. The number of ether oxygens (including phenoxy) is 2.